The summed E-state index contributed by atoms with van der Waals surface area (Å²) in [6, 6.07) is 1.84. The third kappa shape index (κ3) is 3.81. The summed E-state index contributed by atoms with van der Waals surface area (Å²) in [5.74, 6) is -0.179. The highest BCUT2D eigenvalue weighted by Gasteiger charge is 2.13. The van der Waals surface area contributed by atoms with Crippen molar-refractivity contribution in [3.63, 3.8) is 0 Å². The average molecular weight is 266 g/mol. The van der Waals surface area contributed by atoms with Crippen LogP contribution in [0.25, 0.3) is 0 Å². The molecule has 0 bridgehead atoms. The van der Waals surface area contributed by atoms with E-state index in [1.165, 1.54) is 0 Å². The van der Waals surface area contributed by atoms with Crippen LogP contribution in [0.4, 0.5) is 0 Å². The molecule has 0 aromatic carbocycles. The van der Waals surface area contributed by atoms with E-state index in [4.69, 9.17) is 14.7 Å². The Hall–Kier alpha value is -1.84. The molecule has 6 nitrogen and oxygen atoms in total. The molecule has 0 saturated heterocycles. The van der Waals surface area contributed by atoms with Crippen molar-refractivity contribution in [1.29, 1.82) is 5.26 Å². The van der Waals surface area contributed by atoms with Crippen LogP contribution in [-0.2, 0) is 15.9 Å². The molecule has 1 rings (SSSR count). The van der Waals surface area contributed by atoms with Crippen LogP contribution in [0.15, 0.2) is 4.79 Å². The van der Waals surface area contributed by atoms with Gasteiger partial charge in [0.05, 0.1) is 6.61 Å². The number of pyridine rings is 1. The fraction of sp³-hybridized carbons (Fsp3) is 0.538. The van der Waals surface area contributed by atoms with Crippen molar-refractivity contribution in [2.24, 2.45) is 0 Å². The van der Waals surface area contributed by atoms with Gasteiger partial charge in [-0.15, -0.1) is 0 Å². The molecule has 19 heavy (non-hydrogen) atoms. The number of rotatable bonds is 6. The Balaban J connectivity index is 2.74. The standard InChI is InChI=1S/C13H18N2O4/c1-8-10(5-4-6-19-9(2)18-3)12(16)15-13(17)11(8)7-14/h9H,4-6H2,1-3H3,(H2,15,16,17). The summed E-state index contributed by atoms with van der Waals surface area (Å²) in [6.07, 6.45) is 0.887. The second-order valence-electron chi connectivity index (χ2n) is 4.17. The van der Waals surface area contributed by atoms with Gasteiger partial charge in [0.15, 0.2) is 12.2 Å². The van der Waals surface area contributed by atoms with Gasteiger partial charge in [0, 0.05) is 12.7 Å². The third-order valence-corrected chi connectivity index (χ3v) is 2.94. The lowest BCUT2D eigenvalue weighted by molar-refractivity contribution is -0.111. The number of methoxy groups -OCH3 is 1. The number of nitrogens with one attached hydrogen (secondary N) is 1. The largest absolute Gasteiger partial charge is 0.494 e. The molecule has 0 amide bonds. The van der Waals surface area contributed by atoms with E-state index < -0.39 is 5.56 Å². The minimum atomic E-state index is -0.564. The first-order chi connectivity index (χ1) is 9.01. The number of hydrogen-bond acceptors (Lipinski definition) is 5. The fourth-order valence-electron chi connectivity index (χ4n) is 1.75. The molecule has 2 N–H and O–H groups in total. The summed E-state index contributed by atoms with van der Waals surface area (Å²) in [4.78, 5) is 13.7. The zero-order chi connectivity index (χ0) is 14.4. The number of ether oxygens (including phenoxy) is 2. The lowest BCUT2D eigenvalue weighted by Gasteiger charge is -2.12. The summed E-state index contributed by atoms with van der Waals surface area (Å²) in [6.45, 7) is 3.91. The van der Waals surface area contributed by atoms with Crippen LogP contribution in [0.3, 0.4) is 0 Å². The van der Waals surface area contributed by atoms with Crippen LogP contribution in [0, 0.1) is 18.3 Å². The van der Waals surface area contributed by atoms with Crippen LogP contribution in [-0.4, -0.2) is 30.1 Å². The molecule has 0 radical (unpaired) electrons. The summed E-state index contributed by atoms with van der Waals surface area (Å²) < 4.78 is 10.3. The first-order valence-corrected chi connectivity index (χ1v) is 6.00. The summed E-state index contributed by atoms with van der Waals surface area (Å²) in [5, 5.41) is 18.6. The molecule has 1 unspecified atom stereocenters. The van der Waals surface area contributed by atoms with Gasteiger partial charge in [-0.1, -0.05) is 0 Å². The molecular weight excluding hydrogens is 248 g/mol. The summed E-state index contributed by atoms with van der Waals surface area (Å²) in [7, 11) is 1.56. The van der Waals surface area contributed by atoms with Crippen molar-refractivity contribution >= 4 is 0 Å². The second-order valence-corrected chi connectivity index (χ2v) is 4.17. The summed E-state index contributed by atoms with van der Waals surface area (Å²) in [5.41, 5.74) is 0.567. The van der Waals surface area contributed by atoms with Crippen molar-refractivity contribution in [2.45, 2.75) is 33.0 Å². The van der Waals surface area contributed by atoms with Gasteiger partial charge in [0.1, 0.15) is 11.6 Å². The van der Waals surface area contributed by atoms with Crippen LogP contribution in [0.5, 0.6) is 5.88 Å². The van der Waals surface area contributed by atoms with E-state index in [0.717, 1.165) is 0 Å². The molecular formula is C13H18N2O4. The van der Waals surface area contributed by atoms with Crippen LogP contribution in [0.1, 0.15) is 30.0 Å². The zero-order valence-corrected chi connectivity index (χ0v) is 11.3. The van der Waals surface area contributed by atoms with E-state index in [-0.39, 0.29) is 17.7 Å². The average Bonchev–Trinajstić information content (AvgIpc) is 2.37. The molecule has 0 saturated carbocycles. The van der Waals surface area contributed by atoms with Gasteiger partial charge in [0.2, 0.25) is 0 Å². The van der Waals surface area contributed by atoms with E-state index in [1.54, 1.807) is 21.0 Å². The van der Waals surface area contributed by atoms with Crippen molar-refractivity contribution < 1.29 is 14.6 Å². The van der Waals surface area contributed by atoms with E-state index in [0.29, 0.717) is 30.6 Å². The first kappa shape index (κ1) is 15.2. The highest BCUT2D eigenvalue weighted by Crippen LogP contribution is 2.20. The maximum atomic E-state index is 11.4. The molecule has 0 spiro atoms. The van der Waals surface area contributed by atoms with Gasteiger partial charge in [-0.2, -0.15) is 5.26 Å². The molecule has 0 fully saturated rings. The van der Waals surface area contributed by atoms with Crippen molar-refractivity contribution in [1.82, 2.24) is 4.98 Å². The van der Waals surface area contributed by atoms with E-state index in [1.807, 2.05) is 6.07 Å². The molecule has 1 atom stereocenters. The number of aromatic nitrogens is 1. The molecule has 1 aromatic heterocycles. The zero-order valence-electron chi connectivity index (χ0n) is 11.3. The number of nitriles is 1. The number of aromatic amines is 1. The van der Waals surface area contributed by atoms with Crippen LogP contribution >= 0.6 is 0 Å². The van der Waals surface area contributed by atoms with Gasteiger partial charge >= 0.3 is 0 Å². The highest BCUT2D eigenvalue weighted by molar-refractivity contribution is 5.44. The normalized spacial score (nSPS) is 12.1. The Morgan fingerprint density at radius 1 is 1.53 bits per heavy atom. The Morgan fingerprint density at radius 2 is 2.21 bits per heavy atom. The summed E-state index contributed by atoms with van der Waals surface area (Å²) >= 11 is 0. The van der Waals surface area contributed by atoms with Crippen molar-refractivity contribution in [3.8, 4) is 11.9 Å². The van der Waals surface area contributed by atoms with Gasteiger partial charge in [0.25, 0.3) is 5.56 Å². The van der Waals surface area contributed by atoms with Gasteiger partial charge in [-0.05, 0) is 32.3 Å². The molecule has 0 aliphatic rings. The van der Waals surface area contributed by atoms with Gasteiger partial charge < -0.3 is 14.6 Å². The van der Waals surface area contributed by atoms with Gasteiger partial charge in [-0.25, -0.2) is 0 Å². The minimum Gasteiger partial charge on any atom is -0.494 e. The third-order valence-electron chi connectivity index (χ3n) is 2.94. The number of hydrogen-bond donors (Lipinski definition) is 2. The Kier molecular flexibility index (Phi) is 5.55. The highest BCUT2D eigenvalue weighted by atomic mass is 16.7. The molecule has 6 heteroatoms. The second kappa shape index (κ2) is 6.92. The molecule has 1 heterocycles. The lowest BCUT2D eigenvalue weighted by Crippen LogP contribution is -2.15. The van der Waals surface area contributed by atoms with Gasteiger partial charge in [-0.3, -0.25) is 9.78 Å². The SMILES string of the molecule is COC(C)OCCCc1c(O)[nH]c(=O)c(C#N)c1C. The fourth-order valence-corrected chi connectivity index (χ4v) is 1.75. The quantitative estimate of drug-likeness (QED) is 0.596. The van der Waals surface area contributed by atoms with Crippen LogP contribution in [0.2, 0.25) is 0 Å². The predicted molar refractivity (Wildman–Crippen MR) is 68.9 cm³/mol. The number of H-pyrrole nitrogens is 1. The molecule has 104 valence electrons. The number of nitrogens with zero attached hydrogens (tertiary/aromatic N) is 1. The maximum absolute atomic E-state index is 11.4. The maximum Gasteiger partial charge on any atom is 0.268 e. The minimum absolute atomic E-state index is 0.0407. The van der Waals surface area contributed by atoms with E-state index in [2.05, 4.69) is 4.98 Å². The molecule has 1 aromatic rings. The van der Waals surface area contributed by atoms with E-state index in [9.17, 15) is 9.90 Å². The smallest absolute Gasteiger partial charge is 0.268 e. The molecule has 0 aliphatic heterocycles. The Bertz CT molecular complexity index is 531. The Labute approximate surface area is 111 Å². The monoisotopic (exact) mass is 266 g/mol. The van der Waals surface area contributed by atoms with Crippen molar-refractivity contribution in [2.75, 3.05) is 13.7 Å². The predicted octanol–water partition coefficient (Wildman–Crippen LogP) is 1.20. The molecule has 0 aliphatic carbocycles. The Morgan fingerprint density at radius 3 is 2.79 bits per heavy atom. The first-order valence-electron chi connectivity index (χ1n) is 6.00. The topological polar surface area (TPSA) is 95.3 Å². The van der Waals surface area contributed by atoms with E-state index >= 15 is 0 Å². The number of aromatic hydroxyl groups is 1. The lowest BCUT2D eigenvalue weighted by atomic mass is 10.0. The van der Waals surface area contributed by atoms with Crippen LogP contribution < -0.4 is 5.56 Å². The van der Waals surface area contributed by atoms with Crippen molar-refractivity contribution in [3.05, 3.63) is 27.0 Å².